The van der Waals surface area contributed by atoms with E-state index in [1.54, 1.807) is 0 Å². The minimum Gasteiger partial charge on any atom is -0.481 e. The van der Waals surface area contributed by atoms with Crippen LogP contribution in [0.25, 0.3) is 0 Å². The van der Waals surface area contributed by atoms with Gasteiger partial charge >= 0.3 is 5.97 Å². The Bertz CT molecular complexity index is 229. The lowest BCUT2D eigenvalue weighted by Gasteiger charge is -2.18. The molecule has 14 heavy (non-hydrogen) atoms. The molecule has 1 aliphatic carbocycles. The van der Waals surface area contributed by atoms with Crippen molar-refractivity contribution in [2.45, 2.75) is 39.0 Å². The average Bonchev–Trinajstić information content (AvgIpc) is 2.65. The van der Waals surface area contributed by atoms with E-state index in [0.29, 0.717) is 12.3 Å². The highest BCUT2D eigenvalue weighted by Crippen LogP contribution is 2.34. The minimum atomic E-state index is -0.672. The lowest BCUT2D eigenvalue weighted by Crippen LogP contribution is -2.21. The zero-order chi connectivity index (χ0) is 10.6. The van der Waals surface area contributed by atoms with E-state index in [1.165, 1.54) is 18.4 Å². The molecule has 0 bridgehead atoms. The largest absolute Gasteiger partial charge is 0.481 e. The molecular formula is C11H17ClO2. The fourth-order valence-electron chi connectivity index (χ4n) is 2.21. The molecule has 2 nitrogen and oxygen atoms in total. The van der Waals surface area contributed by atoms with Crippen LogP contribution >= 0.6 is 11.6 Å². The second kappa shape index (κ2) is 5.40. The number of rotatable bonds is 4. The van der Waals surface area contributed by atoms with Crippen LogP contribution in [0.5, 0.6) is 0 Å². The number of allylic oxidation sites excluding steroid dienone is 1. The lowest BCUT2D eigenvalue weighted by atomic mass is 9.86. The van der Waals surface area contributed by atoms with Crippen molar-refractivity contribution >= 4 is 17.6 Å². The van der Waals surface area contributed by atoms with Gasteiger partial charge in [-0.2, -0.15) is 0 Å². The maximum atomic E-state index is 11.1. The molecule has 80 valence electrons. The number of carbonyl (C=O) groups is 1. The third kappa shape index (κ3) is 3.02. The summed E-state index contributed by atoms with van der Waals surface area (Å²) in [6.45, 7) is 1.89. The summed E-state index contributed by atoms with van der Waals surface area (Å²) in [7, 11) is 0. The van der Waals surface area contributed by atoms with Gasteiger partial charge in [-0.3, -0.25) is 4.79 Å². The molecule has 3 heteroatoms. The highest BCUT2D eigenvalue weighted by Gasteiger charge is 2.30. The molecule has 1 aliphatic rings. The van der Waals surface area contributed by atoms with Crippen LogP contribution in [-0.4, -0.2) is 11.1 Å². The van der Waals surface area contributed by atoms with Crippen LogP contribution in [0.3, 0.4) is 0 Å². The average molecular weight is 217 g/mol. The standard InChI is InChI=1S/C11H17ClO2/c1-8(7-12)6-10(11(13)14)9-4-2-3-5-9/h7,9-10H,2-6H2,1H3,(H,13,14). The monoisotopic (exact) mass is 216 g/mol. The van der Waals surface area contributed by atoms with Gasteiger partial charge in [-0.25, -0.2) is 0 Å². The van der Waals surface area contributed by atoms with Crippen LogP contribution < -0.4 is 0 Å². The van der Waals surface area contributed by atoms with Crippen molar-refractivity contribution in [3.63, 3.8) is 0 Å². The van der Waals surface area contributed by atoms with Gasteiger partial charge in [0.1, 0.15) is 0 Å². The molecule has 0 aromatic carbocycles. The Morgan fingerprint density at radius 3 is 2.57 bits per heavy atom. The summed E-state index contributed by atoms with van der Waals surface area (Å²) in [4.78, 5) is 11.1. The first-order valence-electron chi connectivity index (χ1n) is 5.13. The van der Waals surface area contributed by atoms with Gasteiger partial charge in [-0.15, -0.1) is 0 Å². The normalized spacial score (nSPS) is 21.1. The Labute approximate surface area is 90.0 Å². The van der Waals surface area contributed by atoms with Crippen molar-refractivity contribution in [2.75, 3.05) is 0 Å². The molecule has 0 aromatic rings. The summed E-state index contributed by atoms with van der Waals surface area (Å²) in [5.74, 6) is -0.540. The maximum Gasteiger partial charge on any atom is 0.307 e. The number of halogens is 1. The van der Waals surface area contributed by atoms with Gasteiger partial charge in [0.05, 0.1) is 5.92 Å². The minimum absolute atomic E-state index is 0.229. The first-order valence-corrected chi connectivity index (χ1v) is 5.57. The Kier molecular flexibility index (Phi) is 4.46. The zero-order valence-electron chi connectivity index (χ0n) is 8.50. The van der Waals surface area contributed by atoms with Crippen LogP contribution in [0.4, 0.5) is 0 Å². The first kappa shape index (κ1) is 11.6. The molecule has 1 unspecified atom stereocenters. The second-order valence-corrected chi connectivity index (χ2v) is 4.37. The van der Waals surface area contributed by atoms with Gasteiger partial charge in [-0.05, 0) is 32.1 Å². The van der Waals surface area contributed by atoms with E-state index in [-0.39, 0.29) is 5.92 Å². The molecule has 0 radical (unpaired) electrons. The number of hydrogen-bond donors (Lipinski definition) is 1. The van der Waals surface area contributed by atoms with Crippen LogP contribution in [-0.2, 0) is 4.79 Å². The van der Waals surface area contributed by atoms with E-state index < -0.39 is 5.97 Å². The SMILES string of the molecule is CC(=CCl)CC(C(=O)O)C1CCCC1. The van der Waals surface area contributed by atoms with Crippen molar-refractivity contribution in [1.82, 2.24) is 0 Å². The predicted molar refractivity (Wildman–Crippen MR) is 57.3 cm³/mol. The van der Waals surface area contributed by atoms with Crippen molar-refractivity contribution in [3.8, 4) is 0 Å². The van der Waals surface area contributed by atoms with Gasteiger partial charge in [-0.1, -0.05) is 30.0 Å². The summed E-state index contributed by atoms with van der Waals surface area (Å²) in [5.41, 5.74) is 2.45. The molecule has 0 saturated heterocycles. The van der Waals surface area contributed by atoms with E-state index in [9.17, 15) is 4.79 Å². The molecular weight excluding hydrogens is 200 g/mol. The fourth-order valence-corrected chi connectivity index (χ4v) is 2.30. The van der Waals surface area contributed by atoms with Crippen LogP contribution in [0, 0.1) is 11.8 Å². The summed E-state index contributed by atoms with van der Waals surface area (Å²) in [6.07, 6.45) is 5.08. The van der Waals surface area contributed by atoms with Crippen molar-refractivity contribution in [1.29, 1.82) is 0 Å². The fraction of sp³-hybridized carbons (Fsp3) is 0.727. The van der Waals surface area contributed by atoms with Crippen LogP contribution in [0.1, 0.15) is 39.0 Å². The second-order valence-electron chi connectivity index (χ2n) is 4.15. The molecule has 1 N–H and O–H groups in total. The zero-order valence-corrected chi connectivity index (χ0v) is 9.26. The van der Waals surface area contributed by atoms with Crippen LogP contribution in [0.15, 0.2) is 11.1 Å². The smallest absolute Gasteiger partial charge is 0.307 e. The number of hydrogen-bond acceptors (Lipinski definition) is 1. The number of carboxylic acids is 1. The molecule has 0 heterocycles. The Balaban J connectivity index is 2.59. The van der Waals surface area contributed by atoms with E-state index in [2.05, 4.69) is 0 Å². The molecule has 0 aromatic heterocycles. The summed E-state index contributed by atoms with van der Waals surface area (Å²) >= 11 is 5.55. The lowest BCUT2D eigenvalue weighted by molar-refractivity contribution is -0.143. The third-order valence-electron chi connectivity index (χ3n) is 3.01. The van der Waals surface area contributed by atoms with Crippen molar-refractivity contribution < 1.29 is 9.90 Å². The topological polar surface area (TPSA) is 37.3 Å². The van der Waals surface area contributed by atoms with Crippen LogP contribution in [0.2, 0.25) is 0 Å². The Morgan fingerprint density at radius 2 is 2.14 bits per heavy atom. The van der Waals surface area contributed by atoms with E-state index in [1.807, 2.05) is 6.92 Å². The number of aliphatic carboxylic acids is 1. The highest BCUT2D eigenvalue weighted by atomic mass is 35.5. The summed E-state index contributed by atoms with van der Waals surface area (Å²) in [6, 6.07) is 0. The van der Waals surface area contributed by atoms with Gasteiger partial charge in [0.15, 0.2) is 0 Å². The third-order valence-corrected chi connectivity index (χ3v) is 3.39. The van der Waals surface area contributed by atoms with Gasteiger partial charge in [0.2, 0.25) is 0 Å². The molecule has 1 atom stereocenters. The quantitative estimate of drug-likeness (QED) is 0.782. The van der Waals surface area contributed by atoms with Crippen molar-refractivity contribution in [2.24, 2.45) is 11.8 Å². The number of carboxylic acid groups (broad SMARTS) is 1. The highest BCUT2D eigenvalue weighted by molar-refractivity contribution is 6.25. The van der Waals surface area contributed by atoms with E-state index in [0.717, 1.165) is 18.4 Å². The first-order chi connectivity index (χ1) is 6.65. The Hall–Kier alpha value is -0.500. The molecule has 0 spiro atoms. The van der Waals surface area contributed by atoms with Crippen molar-refractivity contribution in [3.05, 3.63) is 11.1 Å². The molecule has 1 fully saturated rings. The molecule has 1 saturated carbocycles. The molecule has 0 amide bonds. The van der Waals surface area contributed by atoms with E-state index in [4.69, 9.17) is 16.7 Å². The Morgan fingerprint density at radius 1 is 1.57 bits per heavy atom. The maximum absolute atomic E-state index is 11.1. The molecule has 1 rings (SSSR count). The van der Waals surface area contributed by atoms with E-state index >= 15 is 0 Å². The van der Waals surface area contributed by atoms with Gasteiger partial charge in [0.25, 0.3) is 0 Å². The molecule has 0 aliphatic heterocycles. The predicted octanol–water partition coefficient (Wildman–Crippen LogP) is 3.41. The van der Waals surface area contributed by atoms with Gasteiger partial charge in [0, 0.05) is 5.54 Å². The van der Waals surface area contributed by atoms with Gasteiger partial charge < -0.3 is 5.11 Å². The summed E-state index contributed by atoms with van der Waals surface area (Å²) < 4.78 is 0. The summed E-state index contributed by atoms with van der Waals surface area (Å²) in [5, 5.41) is 9.11.